The maximum atomic E-state index is 13.1. The first-order chi connectivity index (χ1) is 18.1. The summed E-state index contributed by atoms with van der Waals surface area (Å²) in [6, 6.07) is 41.0. The van der Waals surface area contributed by atoms with E-state index < -0.39 is 0 Å². The van der Waals surface area contributed by atoms with Gasteiger partial charge in [0, 0.05) is 33.8 Å². The van der Waals surface area contributed by atoms with Crippen LogP contribution in [0.3, 0.4) is 0 Å². The number of halogens is 2. The van der Waals surface area contributed by atoms with E-state index in [1.807, 2.05) is 55.5 Å². The lowest BCUT2D eigenvalue weighted by atomic mass is 10.0. The zero-order valence-corrected chi connectivity index (χ0v) is 24.1. The average Bonchev–Trinajstić information content (AvgIpc) is 2.94. The van der Waals surface area contributed by atoms with Crippen LogP contribution in [0, 0.1) is 6.92 Å². The van der Waals surface area contributed by atoms with Crippen molar-refractivity contribution >= 4 is 29.1 Å². The number of thioether (sulfide) groups is 1. The Kier molecular flexibility index (Phi) is 9.57. The topological polar surface area (TPSA) is 20.9 Å². The number of aromatic nitrogens is 1. The molecule has 0 atom stereocenters. The van der Waals surface area contributed by atoms with Crippen LogP contribution in [-0.4, -0.2) is 11.5 Å². The number of benzene rings is 4. The zero-order chi connectivity index (χ0) is 25.6. The zero-order valence-electron chi connectivity index (χ0n) is 21.0. The molecule has 0 aliphatic heterocycles. The van der Waals surface area contributed by atoms with Crippen LogP contribution in [-0.2, 0) is 6.54 Å². The van der Waals surface area contributed by atoms with Crippen molar-refractivity contribution in [3.63, 3.8) is 0 Å². The SMILES string of the molecule is Cc1ccc(C(=O)CSc2cc(-c3ccccc3)cc(-c3ccccc3)[n+]2Cc2ccc(Cl)cc2)cc1.[Br-]. The fourth-order valence-electron chi connectivity index (χ4n) is 4.26. The number of pyridine rings is 1. The fourth-order valence-corrected chi connectivity index (χ4v) is 5.36. The molecule has 0 radical (unpaired) electrons. The summed E-state index contributed by atoms with van der Waals surface area (Å²) in [6.07, 6.45) is 0. The van der Waals surface area contributed by atoms with Gasteiger partial charge < -0.3 is 17.0 Å². The van der Waals surface area contributed by atoms with E-state index in [1.165, 1.54) is 0 Å². The second-order valence-electron chi connectivity index (χ2n) is 8.99. The van der Waals surface area contributed by atoms with Crippen molar-refractivity contribution in [2.45, 2.75) is 18.5 Å². The minimum Gasteiger partial charge on any atom is -1.00 e. The van der Waals surface area contributed by atoms with Gasteiger partial charge in [0.2, 0.25) is 10.7 Å². The van der Waals surface area contributed by atoms with Gasteiger partial charge in [-0.15, -0.1) is 0 Å². The first-order valence-corrected chi connectivity index (χ1v) is 13.6. The molecule has 0 aliphatic carbocycles. The van der Waals surface area contributed by atoms with E-state index >= 15 is 0 Å². The Morgan fingerprint density at radius 3 is 1.97 bits per heavy atom. The normalized spacial score (nSPS) is 10.6. The van der Waals surface area contributed by atoms with Crippen molar-refractivity contribution in [1.29, 1.82) is 0 Å². The first kappa shape index (κ1) is 27.8. The van der Waals surface area contributed by atoms with E-state index in [2.05, 4.69) is 77.4 Å². The molecular formula is C33H27BrClNOS. The first-order valence-electron chi connectivity index (χ1n) is 12.2. The number of hydrogen-bond donors (Lipinski definition) is 0. The summed E-state index contributed by atoms with van der Waals surface area (Å²) in [6.45, 7) is 2.69. The molecule has 1 aromatic heterocycles. The van der Waals surface area contributed by atoms with Gasteiger partial charge in [-0.2, -0.15) is 4.57 Å². The quantitative estimate of drug-likeness (QED) is 0.137. The molecule has 5 aromatic rings. The molecule has 4 aromatic carbocycles. The van der Waals surface area contributed by atoms with E-state index in [1.54, 1.807) is 11.8 Å². The van der Waals surface area contributed by atoms with Crippen LogP contribution in [0.2, 0.25) is 5.02 Å². The van der Waals surface area contributed by atoms with Gasteiger partial charge in [-0.05, 0) is 54.1 Å². The predicted octanol–water partition coefficient (Wildman–Crippen LogP) is 5.30. The number of ketones is 1. The molecule has 5 rings (SSSR count). The van der Waals surface area contributed by atoms with Crippen molar-refractivity contribution in [3.8, 4) is 22.4 Å². The van der Waals surface area contributed by atoms with E-state index in [0.717, 1.165) is 49.1 Å². The number of hydrogen-bond acceptors (Lipinski definition) is 2. The number of aryl methyl sites for hydroxylation is 1. The molecule has 0 aliphatic rings. The lowest BCUT2D eigenvalue weighted by Crippen LogP contribution is -3.00. The summed E-state index contributed by atoms with van der Waals surface area (Å²) in [5, 5.41) is 1.75. The molecule has 190 valence electrons. The minimum atomic E-state index is 0. The highest BCUT2D eigenvalue weighted by atomic mass is 79.9. The van der Waals surface area contributed by atoms with Crippen LogP contribution in [0.15, 0.2) is 126 Å². The third-order valence-electron chi connectivity index (χ3n) is 6.28. The lowest BCUT2D eigenvalue weighted by molar-refractivity contribution is -0.714. The van der Waals surface area contributed by atoms with Gasteiger partial charge in [0.25, 0.3) is 0 Å². The van der Waals surface area contributed by atoms with Crippen LogP contribution in [0.1, 0.15) is 21.5 Å². The van der Waals surface area contributed by atoms with Crippen LogP contribution < -0.4 is 21.5 Å². The van der Waals surface area contributed by atoms with Crippen molar-refractivity contribution < 1.29 is 26.3 Å². The van der Waals surface area contributed by atoms with E-state index in [0.29, 0.717) is 12.3 Å². The molecule has 0 unspecified atom stereocenters. The van der Waals surface area contributed by atoms with Crippen LogP contribution in [0.5, 0.6) is 0 Å². The summed E-state index contributed by atoms with van der Waals surface area (Å²) in [4.78, 5) is 13.1. The van der Waals surface area contributed by atoms with Gasteiger partial charge in [0.1, 0.15) is 0 Å². The smallest absolute Gasteiger partial charge is 0.241 e. The highest BCUT2D eigenvalue weighted by molar-refractivity contribution is 7.99. The van der Waals surface area contributed by atoms with Crippen LogP contribution in [0.25, 0.3) is 22.4 Å². The number of rotatable bonds is 8. The van der Waals surface area contributed by atoms with Crippen LogP contribution in [0.4, 0.5) is 0 Å². The molecular weight excluding hydrogens is 574 g/mol. The maximum absolute atomic E-state index is 13.1. The second kappa shape index (κ2) is 13.1. The Bertz CT molecular complexity index is 1510. The number of Topliss-reactive ketones (excluding diaryl/α,β-unsaturated/α-hetero) is 1. The van der Waals surface area contributed by atoms with Gasteiger partial charge in [-0.1, -0.05) is 102 Å². The molecule has 38 heavy (non-hydrogen) atoms. The Labute approximate surface area is 244 Å². The third-order valence-corrected chi connectivity index (χ3v) is 7.58. The van der Waals surface area contributed by atoms with E-state index in [-0.39, 0.29) is 22.8 Å². The highest BCUT2D eigenvalue weighted by Crippen LogP contribution is 2.29. The van der Waals surface area contributed by atoms with Gasteiger partial charge in [0.05, 0.1) is 5.75 Å². The molecule has 0 bridgehead atoms. The number of nitrogens with zero attached hydrogens (tertiary/aromatic N) is 1. The Morgan fingerprint density at radius 1 is 0.737 bits per heavy atom. The second-order valence-corrected chi connectivity index (χ2v) is 10.4. The maximum Gasteiger partial charge on any atom is 0.241 e. The summed E-state index contributed by atoms with van der Waals surface area (Å²) in [5.41, 5.74) is 7.52. The minimum absolute atomic E-state index is 0. The Morgan fingerprint density at radius 2 is 1.34 bits per heavy atom. The van der Waals surface area contributed by atoms with Crippen molar-refractivity contribution in [3.05, 3.63) is 143 Å². The molecule has 0 spiro atoms. The van der Waals surface area contributed by atoms with Crippen molar-refractivity contribution in [2.75, 3.05) is 5.75 Å². The number of carbonyl (C=O) groups is 1. The van der Waals surface area contributed by atoms with Gasteiger partial charge in [0.15, 0.2) is 12.3 Å². The molecule has 0 N–H and O–H groups in total. The fraction of sp³-hybridized carbons (Fsp3) is 0.0909. The standard InChI is InChI=1S/C33H27ClNOS.BrH/c1-24-12-16-28(17-13-24)32(36)23-37-33-21-29(26-8-4-2-5-9-26)20-31(27-10-6-3-7-11-27)35(33)22-25-14-18-30(34)19-15-25;/h2-21H,22-23H2,1H3;1H/q+1;/p-1. The monoisotopic (exact) mass is 599 g/mol. The predicted molar refractivity (Wildman–Crippen MR) is 154 cm³/mol. The molecule has 0 saturated heterocycles. The Balaban J connectivity index is 0.00000336. The average molecular weight is 601 g/mol. The summed E-state index contributed by atoms with van der Waals surface area (Å²) in [7, 11) is 0. The molecule has 0 saturated carbocycles. The number of carbonyl (C=O) groups excluding carboxylic acids is 1. The molecule has 2 nitrogen and oxygen atoms in total. The molecule has 0 fully saturated rings. The highest BCUT2D eigenvalue weighted by Gasteiger charge is 2.23. The molecule has 1 heterocycles. The van der Waals surface area contributed by atoms with Crippen LogP contribution >= 0.6 is 23.4 Å². The van der Waals surface area contributed by atoms with Gasteiger partial charge in [-0.3, -0.25) is 4.79 Å². The largest absolute Gasteiger partial charge is 1.00 e. The summed E-state index contributed by atoms with van der Waals surface area (Å²) >= 11 is 7.75. The van der Waals surface area contributed by atoms with E-state index in [4.69, 9.17) is 11.6 Å². The third kappa shape index (κ3) is 6.82. The van der Waals surface area contributed by atoms with Crippen molar-refractivity contribution in [2.24, 2.45) is 0 Å². The summed E-state index contributed by atoms with van der Waals surface area (Å²) < 4.78 is 2.30. The molecule has 0 amide bonds. The van der Waals surface area contributed by atoms with Crippen molar-refractivity contribution in [1.82, 2.24) is 0 Å². The Hall–Kier alpha value is -3.18. The van der Waals surface area contributed by atoms with Gasteiger partial charge >= 0.3 is 0 Å². The molecule has 5 heteroatoms. The lowest BCUT2D eigenvalue weighted by Gasteiger charge is -2.12. The summed E-state index contributed by atoms with van der Waals surface area (Å²) in [5.74, 6) is 0.477. The van der Waals surface area contributed by atoms with Gasteiger partial charge in [-0.25, -0.2) is 0 Å². The van der Waals surface area contributed by atoms with E-state index in [9.17, 15) is 4.79 Å².